The van der Waals surface area contributed by atoms with Crippen molar-refractivity contribution in [3.8, 4) is 0 Å². The summed E-state index contributed by atoms with van der Waals surface area (Å²) in [5.74, 6) is 0.0439. The van der Waals surface area contributed by atoms with Crippen molar-refractivity contribution in [2.45, 2.75) is 32.5 Å². The molecule has 3 aromatic rings. The van der Waals surface area contributed by atoms with Crippen LogP contribution in [0.1, 0.15) is 42.6 Å². The molecule has 3 nitrogen and oxygen atoms in total. The van der Waals surface area contributed by atoms with Crippen LogP contribution in [0.5, 0.6) is 0 Å². The summed E-state index contributed by atoms with van der Waals surface area (Å²) in [4.78, 5) is 8.17. The number of benzene rings is 3. The molecule has 1 aliphatic rings. The molecule has 1 fully saturated rings. The summed E-state index contributed by atoms with van der Waals surface area (Å²) in [6.45, 7) is 4.53. The van der Waals surface area contributed by atoms with Crippen LogP contribution in [-0.2, 0) is 11.4 Å². The van der Waals surface area contributed by atoms with Crippen molar-refractivity contribution in [3.63, 3.8) is 0 Å². The van der Waals surface area contributed by atoms with Crippen LogP contribution in [0.15, 0.2) is 90.1 Å². The van der Waals surface area contributed by atoms with Crippen LogP contribution in [-0.4, -0.2) is 17.7 Å². The molecule has 0 radical (unpaired) electrons. The number of halogens is 1. The van der Waals surface area contributed by atoms with Crippen LogP contribution < -0.4 is 0 Å². The lowest BCUT2D eigenvalue weighted by molar-refractivity contribution is 0.0840. The first kappa shape index (κ1) is 21.3. The van der Waals surface area contributed by atoms with Crippen molar-refractivity contribution < 1.29 is 9.23 Å². The molecule has 3 aromatic carbocycles. The molecule has 4 atom stereocenters. The highest BCUT2D eigenvalue weighted by Gasteiger charge is 2.43. The first-order chi connectivity index (χ1) is 15.1. The molecule has 160 valence electrons. The molecule has 4 rings (SSSR count). The molecule has 0 unspecified atom stereocenters. The Bertz CT molecular complexity index is 966. The molecule has 0 amide bonds. The molecule has 0 aliphatic carbocycles. The van der Waals surface area contributed by atoms with Crippen LogP contribution in [0.4, 0.5) is 4.39 Å². The van der Waals surface area contributed by atoms with E-state index in [1.54, 1.807) is 12.1 Å². The van der Waals surface area contributed by atoms with Gasteiger partial charge in [0, 0.05) is 29.5 Å². The maximum absolute atomic E-state index is 14.0. The van der Waals surface area contributed by atoms with E-state index >= 15 is 0 Å². The summed E-state index contributed by atoms with van der Waals surface area (Å²) in [5, 5.41) is 4.59. The number of likely N-dealkylation sites (tertiary alicyclic amines) is 1. The summed E-state index contributed by atoms with van der Waals surface area (Å²) < 4.78 is 14.0. The topological polar surface area (TPSA) is 24.8 Å². The molecule has 0 aromatic heterocycles. The van der Waals surface area contributed by atoms with Crippen molar-refractivity contribution in [3.05, 3.63) is 107 Å². The lowest BCUT2D eigenvalue weighted by Gasteiger charge is -2.47. The molecule has 1 saturated heterocycles. The highest BCUT2D eigenvalue weighted by Crippen LogP contribution is 2.45. The number of piperidine rings is 1. The Morgan fingerprint density at radius 1 is 0.774 bits per heavy atom. The van der Waals surface area contributed by atoms with E-state index in [0.29, 0.717) is 5.56 Å². The second-order valence-electron chi connectivity index (χ2n) is 8.33. The van der Waals surface area contributed by atoms with Crippen molar-refractivity contribution in [1.29, 1.82) is 0 Å². The average molecular weight is 417 g/mol. The van der Waals surface area contributed by atoms with Gasteiger partial charge in [-0.25, -0.2) is 4.39 Å². The first-order valence-corrected chi connectivity index (χ1v) is 10.8. The Labute approximate surface area is 184 Å². The molecule has 4 heteroatoms. The number of hydrogen-bond acceptors (Lipinski definition) is 3. The second kappa shape index (κ2) is 9.44. The highest BCUT2D eigenvalue weighted by atomic mass is 19.1. The zero-order valence-electron chi connectivity index (χ0n) is 18.3. The van der Waals surface area contributed by atoms with Gasteiger partial charge < -0.3 is 4.84 Å². The van der Waals surface area contributed by atoms with Gasteiger partial charge in [0.2, 0.25) is 0 Å². The molecule has 1 heterocycles. The minimum atomic E-state index is -0.267. The lowest BCUT2D eigenvalue weighted by Crippen LogP contribution is -2.47. The largest absolute Gasteiger partial charge is 0.391 e. The summed E-state index contributed by atoms with van der Waals surface area (Å²) in [6, 6.07) is 28.1. The maximum atomic E-state index is 14.0. The smallest absolute Gasteiger partial charge is 0.145 e. The van der Waals surface area contributed by atoms with E-state index < -0.39 is 0 Å². The summed E-state index contributed by atoms with van der Waals surface area (Å²) in [7, 11) is 2.19. The molecule has 1 aliphatic heterocycles. The van der Waals surface area contributed by atoms with Gasteiger partial charge in [-0.05, 0) is 24.2 Å². The summed E-state index contributed by atoms with van der Waals surface area (Å²) >= 11 is 0. The van der Waals surface area contributed by atoms with E-state index in [0.717, 1.165) is 5.71 Å². The number of nitrogens with zero attached hydrogens (tertiary/aromatic N) is 2. The molecular weight excluding hydrogens is 387 g/mol. The third-order valence-corrected chi connectivity index (χ3v) is 6.39. The highest BCUT2D eigenvalue weighted by molar-refractivity contribution is 5.90. The van der Waals surface area contributed by atoms with Gasteiger partial charge in [-0.3, -0.25) is 4.90 Å². The standard InChI is InChI=1S/C27H29FN2O/c1-19-25(29-31-18-23-16-10-11-17-24(23)28)20(2)27(22-14-8-5-9-15-22)30(3)26(19)21-12-6-4-7-13-21/h4-17,19-20,26-27H,18H2,1-3H3/t19-,20+,26-,27+. The average Bonchev–Trinajstić information content (AvgIpc) is 2.79. The van der Waals surface area contributed by atoms with Gasteiger partial charge >= 0.3 is 0 Å². The van der Waals surface area contributed by atoms with Gasteiger partial charge in [-0.2, -0.15) is 0 Å². The monoisotopic (exact) mass is 416 g/mol. The minimum absolute atomic E-state index is 0.122. The minimum Gasteiger partial charge on any atom is -0.391 e. The zero-order chi connectivity index (χ0) is 21.8. The van der Waals surface area contributed by atoms with Crippen LogP contribution in [0, 0.1) is 17.7 Å². The Morgan fingerprint density at radius 2 is 1.26 bits per heavy atom. The van der Waals surface area contributed by atoms with E-state index in [1.807, 2.05) is 18.2 Å². The number of rotatable bonds is 5. The Hall–Kier alpha value is -2.98. The van der Waals surface area contributed by atoms with Gasteiger partial charge in [0.15, 0.2) is 0 Å². The van der Waals surface area contributed by atoms with Crippen molar-refractivity contribution in [2.24, 2.45) is 17.0 Å². The predicted octanol–water partition coefficient (Wildman–Crippen LogP) is 6.40. The fourth-order valence-corrected chi connectivity index (χ4v) is 4.92. The summed E-state index contributed by atoms with van der Waals surface area (Å²) in [5.41, 5.74) is 4.04. The Balaban J connectivity index is 1.68. The SMILES string of the molecule is C[C@@H]1C(=NOCc2ccccc2F)[C@H](C)[C@@H](c2ccccc2)N(C)[C@H]1c1ccccc1. The Morgan fingerprint density at radius 3 is 1.77 bits per heavy atom. The lowest BCUT2D eigenvalue weighted by atomic mass is 9.74. The van der Waals surface area contributed by atoms with E-state index in [-0.39, 0.29) is 36.3 Å². The van der Waals surface area contributed by atoms with Crippen molar-refractivity contribution >= 4 is 5.71 Å². The maximum Gasteiger partial charge on any atom is 0.145 e. The van der Waals surface area contributed by atoms with Crippen LogP contribution in [0.3, 0.4) is 0 Å². The van der Waals surface area contributed by atoms with Gasteiger partial charge in [-0.15, -0.1) is 0 Å². The summed E-state index contributed by atoms with van der Waals surface area (Å²) in [6.07, 6.45) is 0. The predicted molar refractivity (Wildman–Crippen MR) is 123 cm³/mol. The third-order valence-electron chi connectivity index (χ3n) is 6.39. The van der Waals surface area contributed by atoms with Crippen LogP contribution in [0.2, 0.25) is 0 Å². The molecular formula is C27H29FN2O. The van der Waals surface area contributed by atoms with Gasteiger partial charge in [-0.1, -0.05) is 97.9 Å². The van der Waals surface area contributed by atoms with Crippen molar-refractivity contribution in [1.82, 2.24) is 4.90 Å². The second-order valence-corrected chi connectivity index (χ2v) is 8.33. The van der Waals surface area contributed by atoms with E-state index in [2.05, 4.69) is 79.5 Å². The van der Waals surface area contributed by atoms with Crippen molar-refractivity contribution in [2.75, 3.05) is 7.05 Å². The number of hydrogen-bond donors (Lipinski definition) is 0. The molecule has 31 heavy (non-hydrogen) atoms. The zero-order valence-corrected chi connectivity index (χ0v) is 18.3. The molecule has 0 spiro atoms. The molecule has 0 saturated carbocycles. The third kappa shape index (κ3) is 4.40. The quantitative estimate of drug-likeness (QED) is 0.450. The normalized spacial score (nSPS) is 25.5. The van der Waals surface area contributed by atoms with Crippen LogP contribution >= 0.6 is 0 Å². The molecule has 0 N–H and O–H groups in total. The fourth-order valence-electron chi connectivity index (χ4n) is 4.92. The van der Waals surface area contributed by atoms with Crippen LogP contribution in [0.25, 0.3) is 0 Å². The Kier molecular flexibility index (Phi) is 6.47. The first-order valence-electron chi connectivity index (χ1n) is 10.8. The number of oxime groups is 1. The van der Waals surface area contributed by atoms with Gasteiger partial charge in [0.1, 0.15) is 12.4 Å². The fraction of sp³-hybridized carbons (Fsp3) is 0.296. The van der Waals surface area contributed by atoms with Gasteiger partial charge in [0.25, 0.3) is 0 Å². The van der Waals surface area contributed by atoms with E-state index in [4.69, 9.17) is 4.84 Å². The molecule has 0 bridgehead atoms. The van der Waals surface area contributed by atoms with E-state index in [9.17, 15) is 4.39 Å². The van der Waals surface area contributed by atoms with Gasteiger partial charge in [0.05, 0.1) is 5.71 Å². The van der Waals surface area contributed by atoms with E-state index in [1.165, 1.54) is 17.2 Å².